The van der Waals surface area contributed by atoms with Gasteiger partial charge in [0.15, 0.2) is 0 Å². The van der Waals surface area contributed by atoms with Gasteiger partial charge >= 0.3 is 0 Å². The fourth-order valence-electron chi connectivity index (χ4n) is 8.00. The first-order valence-electron chi connectivity index (χ1n) is 10.3. The lowest BCUT2D eigenvalue weighted by Crippen LogP contribution is -2.60. The molecule has 0 heterocycles. The van der Waals surface area contributed by atoms with Crippen LogP contribution >= 0.6 is 0 Å². The van der Waals surface area contributed by atoms with Gasteiger partial charge < -0.3 is 15.3 Å². The van der Waals surface area contributed by atoms with E-state index in [1.807, 2.05) is 0 Å². The molecule has 3 heteroatoms. The maximum absolute atomic E-state index is 11.0. The van der Waals surface area contributed by atoms with Crippen molar-refractivity contribution in [3.63, 3.8) is 0 Å². The molecule has 3 nitrogen and oxygen atoms in total. The first kappa shape index (κ1) is 17.3. The molecule has 24 heavy (non-hydrogen) atoms. The third kappa shape index (κ3) is 2.01. The van der Waals surface area contributed by atoms with E-state index < -0.39 is 5.60 Å². The summed E-state index contributed by atoms with van der Waals surface area (Å²) >= 11 is 0. The van der Waals surface area contributed by atoms with Crippen molar-refractivity contribution in [2.24, 2.45) is 40.4 Å². The van der Waals surface area contributed by atoms with Gasteiger partial charge in [0.2, 0.25) is 0 Å². The second-order valence-corrected chi connectivity index (χ2v) is 10.2. The van der Waals surface area contributed by atoms with Crippen molar-refractivity contribution in [2.75, 3.05) is 6.61 Å². The van der Waals surface area contributed by atoms with Gasteiger partial charge in [-0.15, -0.1) is 0 Å². The summed E-state index contributed by atoms with van der Waals surface area (Å²) in [5.74, 6) is 2.63. The predicted molar refractivity (Wildman–Crippen MR) is 94.3 cm³/mol. The molecular formula is C21H36O3. The van der Waals surface area contributed by atoms with Crippen LogP contribution in [0.5, 0.6) is 0 Å². The van der Waals surface area contributed by atoms with E-state index in [1.54, 1.807) is 0 Å². The number of hydrogen-bond donors (Lipinski definition) is 3. The van der Waals surface area contributed by atoms with Crippen molar-refractivity contribution in [1.29, 1.82) is 0 Å². The first-order valence-corrected chi connectivity index (χ1v) is 10.3. The Hall–Kier alpha value is -0.120. The van der Waals surface area contributed by atoms with Crippen LogP contribution in [0.15, 0.2) is 0 Å². The molecule has 3 N–H and O–H groups in total. The third-order valence-electron chi connectivity index (χ3n) is 9.73. The molecule has 0 aromatic rings. The highest BCUT2D eigenvalue weighted by Gasteiger charge is 2.64. The molecule has 0 aliphatic heterocycles. The quantitative estimate of drug-likeness (QED) is 0.688. The van der Waals surface area contributed by atoms with Gasteiger partial charge in [-0.1, -0.05) is 13.8 Å². The Labute approximate surface area is 146 Å². The fraction of sp³-hybridized carbons (Fsp3) is 1.00. The molecule has 4 saturated carbocycles. The van der Waals surface area contributed by atoms with Crippen LogP contribution in [0.25, 0.3) is 0 Å². The number of aliphatic hydroxyl groups excluding tert-OH is 2. The zero-order valence-electron chi connectivity index (χ0n) is 15.7. The molecular weight excluding hydrogens is 300 g/mol. The topological polar surface area (TPSA) is 60.7 Å². The van der Waals surface area contributed by atoms with E-state index in [9.17, 15) is 15.3 Å². The van der Waals surface area contributed by atoms with Crippen molar-refractivity contribution in [3.05, 3.63) is 0 Å². The van der Waals surface area contributed by atoms with Crippen LogP contribution in [0.3, 0.4) is 0 Å². The third-order valence-corrected chi connectivity index (χ3v) is 9.73. The van der Waals surface area contributed by atoms with E-state index >= 15 is 0 Å². The van der Waals surface area contributed by atoms with Crippen molar-refractivity contribution >= 4 is 0 Å². The minimum Gasteiger partial charge on any atom is -0.396 e. The van der Waals surface area contributed by atoms with Crippen molar-refractivity contribution in [3.8, 4) is 0 Å². The highest BCUT2D eigenvalue weighted by Crippen LogP contribution is 2.68. The van der Waals surface area contributed by atoms with Crippen LogP contribution in [0, 0.1) is 40.4 Å². The van der Waals surface area contributed by atoms with E-state index in [2.05, 4.69) is 20.8 Å². The van der Waals surface area contributed by atoms with Gasteiger partial charge in [0.25, 0.3) is 0 Å². The number of aliphatic hydroxyl groups is 3. The molecule has 4 aliphatic carbocycles. The summed E-state index contributed by atoms with van der Waals surface area (Å²) in [5.41, 5.74) is -0.448. The first-order chi connectivity index (χ1) is 11.3. The van der Waals surface area contributed by atoms with Crippen LogP contribution in [0.2, 0.25) is 0 Å². The molecule has 0 spiro atoms. The monoisotopic (exact) mass is 336 g/mol. The predicted octanol–water partition coefficient (Wildman–Crippen LogP) is 3.36. The molecule has 4 rings (SSSR count). The second-order valence-electron chi connectivity index (χ2n) is 10.2. The fourth-order valence-corrected chi connectivity index (χ4v) is 8.00. The van der Waals surface area contributed by atoms with Gasteiger partial charge in [-0.25, -0.2) is 0 Å². The van der Waals surface area contributed by atoms with E-state index in [1.165, 1.54) is 6.42 Å². The highest BCUT2D eigenvalue weighted by atomic mass is 16.3. The molecule has 0 saturated heterocycles. The van der Waals surface area contributed by atoms with Crippen molar-refractivity contribution in [1.82, 2.24) is 0 Å². The highest BCUT2D eigenvalue weighted by molar-refractivity contribution is 5.14. The Kier molecular flexibility index (Phi) is 3.92. The van der Waals surface area contributed by atoms with Gasteiger partial charge in [-0.2, -0.15) is 0 Å². The summed E-state index contributed by atoms with van der Waals surface area (Å²) in [6.07, 6.45) is 8.34. The van der Waals surface area contributed by atoms with Gasteiger partial charge in [-0.05, 0) is 98.7 Å². The lowest BCUT2D eigenvalue weighted by molar-refractivity contribution is -0.185. The molecule has 0 aromatic carbocycles. The Morgan fingerprint density at radius 3 is 2.29 bits per heavy atom. The summed E-state index contributed by atoms with van der Waals surface area (Å²) in [6, 6.07) is 0. The number of fused-ring (bicyclic) bond motifs is 5. The van der Waals surface area contributed by atoms with Gasteiger partial charge in [0, 0.05) is 6.61 Å². The largest absolute Gasteiger partial charge is 0.396 e. The number of rotatable bonds is 1. The molecule has 4 fully saturated rings. The Balaban J connectivity index is 1.68. The molecule has 4 aliphatic rings. The average Bonchev–Trinajstić information content (AvgIpc) is 2.80. The minimum absolute atomic E-state index is 0.0251. The zero-order chi connectivity index (χ0) is 17.3. The van der Waals surface area contributed by atoms with Gasteiger partial charge in [-0.3, -0.25) is 0 Å². The van der Waals surface area contributed by atoms with Gasteiger partial charge in [0.05, 0.1) is 11.7 Å². The SMILES string of the molecule is CC1C(O)CC[C@@]2(CO)C1CC[C@@H]1[C@H]2CC[C@@]2(C)[C@H]1CCC2(C)O. The molecule has 9 atom stereocenters. The Morgan fingerprint density at radius 2 is 1.58 bits per heavy atom. The minimum atomic E-state index is -0.526. The van der Waals surface area contributed by atoms with E-state index in [0.717, 1.165) is 44.9 Å². The van der Waals surface area contributed by atoms with Crippen molar-refractivity contribution < 1.29 is 15.3 Å². The summed E-state index contributed by atoms with van der Waals surface area (Å²) in [7, 11) is 0. The molecule has 0 radical (unpaired) electrons. The normalized spacial score (nSPS) is 60.2. The van der Waals surface area contributed by atoms with Crippen LogP contribution in [-0.4, -0.2) is 33.6 Å². The van der Waals surface area contributed by atoms with Crippen LogP contribution in [-0.2, 0) is 0 Å². The summed E-state index contributed by atoms with van der Waals surface area (Å²) in [6.45, 7) is 6.87. The second kappa shape index (κ2) is 5.44. The van der Waals surface area contributed by atoms with Crippen LogP contribution < -0.4 is 0 Å². The van der Waals surface area contributed by atoms with Crippen molar-refractivity contribution in [2.45, 2.75) is 83.8 Å². The zero-order valence-corrected chi connectivity index (χ0v) is 15.7. The smallest absolute Gasteiger partial charge is 0.0675 e. The van der Waals surface area contributed by atoms with Gasteiger partial charge in [0.1, 0.15) is 0 Å². The summed E-state index contributed by atoms with van der Waals surface area (Å²) in [4.78, 5) is 0. The summed E-state index contributed by atoms with van der Waals surface area (Å²) < 4.78 is 0. The lowest BCUT2D eigenvalue weighted by Gasteiger charge is -2.63. The molecule has 0 bridgehead atoms. The molecule has 138 valence electrons. The average molecular weight is 337 g/mol. The standard InChI is InChI=1S/C21H36O3/c1-13-15-5-4-14-16-7-10-20(3,24)19(16,2)9-6-17(14)21(15,12-22)11-8-18(13)23/h13-18,22-24H,4-12H2,1-3H3/t13?,14-,15?,16-,17+,18?,19-,20?,21+/m0/s1. The van der Waals surface area contributed by atoms with Crippen LogP contribution in [0.1, 0.15) is 72.1 Å². The van der Waals surface area contributed by atoms with E-state index in [0.29, 0.717) is 29.6 Å². The van der Waals surface area contributed by atoms with E-state index in [-0.39, 0.29) is 23.5 Å². The van der Waals surface area contributed by atoms with E-state index in [4.69, 9.17) is 0 Å². The molecule has 4 unspecified atom stereocenters. The lowest BCUT2D eigenvalue weighted by atomic mass is 9.43. The Bertz CT molecular complexity index is 503. The Morgan fingerprint density at radius 1 is 0.875 bits per heavy atom. The number of hydrogen-bond acceptors (Lipinski definition) is 3. The maximum atomic E-state index is 11.0. The maximum Gasteiger partial charge on any atom is 0.0675 e. The van der Waals surface area contributed by atoms with Crippen LogP contribution in [0.4, 0.5) is 0 Å². The molecule has 0 aromatic heterocycles. The summed E-state index contributed by atoms with van der Waals surface area (Å²) in [5, 5.41) is 31.9. The molecule has 0 amide bonds.